The monoisotopic (exact) mass is 478 g/mol. The molecule has 6 heteroatoms. The molecular formula is C25H23BrN2O3. The molecule has 0 spiro atoms. The number of carbonyl (C=O) groups is 1. The summed E-state index contributed by atoms with van der Waals surface area (Å²) in [7, 11) is 1.56. The molecule has 1 amide bonds. The summed E-state index contributed by atoms with van der Waals surface area (Å²) in [5.74, 6) is 1.24. The minimum Gasteiger partial charge on any atom is -0.496 e. The fourth-order valence-corrected chi connectivity index (χ4v) is 4.10. The van der Waals surface area contributed by atoms with Gasteiger partial charge in [0.1, 0.15) is 11.3 Å². The molecule has 1 N–H and O–H groups in total. The first kappa shape index (κ1) is 21.1. The van der Waals surface area contributed by atoms with Gasteiger partial charge < -0.3 is 14.5 Å². The van der Waals surface area contributed by atoms with Crippen molar-refractivity contribution in [3.63, 3.8) is 0 Å². The summed E-state index contributed by atoms with van der Waals surface area (Å²) in [6, 6.07) is 17.2. The summed E-state index contributed by atoms with van der Waals surface area (Å²) in [5.41, 5.74) is 5.55. The van der Waals surface area contributed by atoms with E-state index < -0.39 is 0 Å². The van der Waals surface area contributed by atoms with E-state index in [0.29, 0.717) is 28.8 Å². The van der Waals surface area contributed by atoms with Gasteiger partial charge in [-0.25, -0.2) is 4.98 Å². The van der Waals surface area contributed by atoms with Gasteiger partial charge in [-0.05, 0) is 66.4 Å². The number of carbonyl (C=O) groups excluding carboxylic acids is 1. The number of benzene rings is 3. The first-order valence-electron chi connectivity index (χ1n) is 10.0. The van der Waals surface area contributed by atoms with Crippen molar-refractivity contribution in [2.24, 2.45) is 0 Å². The molecule has 0 saturated heterocycles. The second kappa shape index (κ2) is 8.55. The van der Waals surface area contributed by atoms with E-state index in [0.717, 1.165) is 26.7 Å². The summed E-state index contributed by atoms with van der Waals surface area (Å²) in [6.07, 6.45) is 0. The van der Waals surface area contributed by atoms with Gasteiger partial charge in [0.05, 0.1) is 12.7 Å². The van der Waals surface area contributed by atoms with E-state index in [4.69, 9.17) is 9.15 Å². The second-order valence-electron chi connectivity index (χ2n) is 7.74. The lowest BCUT2D eigenvalue weighted by atomic mass is 10.0. The number of hydrogen-bond donors (Lipinski definition) is 1. The Morgan fingerprint density at radius 1 is 1.13 bits per heavy atom. The van der Waals surface area contributed by atoms with Crippen LogP contribution in [-0.4, -0.2) is 18.0 Å². The highest BCUT2D eigenvalue weighted by atomic mass is 79.9. The molecule has 1 heterocycles. The zero-order valence-corrected chi connectivity index (χ0v) is 19.4. The summed E-state index contributed by atoms with van der Waals surface area (Å²) >= 11 is 3.45. The maximum absolute atomic E-state index is 12.9. The standard InChI is InChI=1S/C25H23BrN2O3/c1-14(2)16-8-9-22-21(12-16)28-25(31-22)17-6-5-7-19(11-17)27-24(29)20-13-18(26)10-15(3)23(20)30-4/h5-14H,1-4H3,(H,27,29). The number of hydrogen-bond acceptors (Lipinski definition) is 4. The maximum Gasteiger partial charge on any atom is 0.259 e. The Morgan fingerprint density at radius 2 is 1.94 bits per heavy atom. The number of methoxy groups -OCH3 is 1. The lowest BCUT2D eigenvalue weighted by Gasteiger charge is -2.13. The molecule has 3 aromatic carbocycles. The van der Waals surface area contributed by atoms with Gasteiger partial charge >= 0.3 is 0 Å². The molecule has 0 bridgehead atoms. The SMILES string of the molecule is COc1c(C)cc(Br)cc1C(=O)Nc1cccc(-c2nc3cc(C(C)C)ccc3o2)c1. The predicted octanol–water partition coefficient (Wildman–Crippen LogP) is 6.95. The first-order valence-corrected chi connectivity index (χ1v) is 10.8. The zero-order chi connectivity index (χ0) is 22.1. The first-order chi connectivity index (χ1) is 14.9. The predicted molar refractivity (Wildman–Crippen MR) is 127 cm³/mol. The van der Waals surface area contributed by atoms with Crippen LogP contribution in [0.25, 0.3) is 22.6 Å². The molecule has 4 aromatic rings. The van der Waals surface area contributed by atoms with E-state index in [2.05, 4.69) is 52.2 Å². The Hall–Kier alpha value is -3.12. The fraction of sp³-hybridized carbons (Fsp3) is 0.200. The quantitative estimate of drug-likeness (QED) is 0.337. The number of aryl methyl sites for hydroxylation is 1. The highest BCUT2D eigenvalue weighted by molar-refractivity contribution is 9.10. The van der Waals surface area contributed by atoms with Crippen LogP contribution in [0.5, 0.6) is 5.75 Å². The number of amides is 1. The largest absolute Gasteiger partial charge is 0.496 e. The molecule has 31 heavy (non-hydrogen) atoms. The van der Waals surface area contributed by atoms with Gasteiger partial charge in [-0.2, -0.15) is 0 Å². The summed E-state index contributed by atoms with van der Waals surface area (Å²) < 4.78 is 12.2. The third-order valence-corrected chi connectivity index (χ3v) is 5.59. The van der Waals surface area contributed by atoms with E-state index in [1.165, 1.54) is 5.56 Å². The van der Waals surface area contributed by atoms with Crippen molar-refractivity contribution in [3.8, 4) is 17.2 Å². The van der Waals surface area contributed by atoms with E-state index in [1.54, 1.807) is 13.2 Å². The molecule has 4 rings (SSSR count). The Balaban J connectivity index is 1.64. The van der Waals surface area contributed by atoms with Crippen molar-refractivity contribution in [2.75, 3.05) is 12.4 Å². The normalized spacial score (nSPS) is 11.2. The van der Waals surface area contributed by atoms with Gasteiger partial charge in [-0.3, -0.25) is 4.79 Å². The van der Waals surface area contributed by atoms with E-state index in [-0.39, 0.29) is 5.91 Å². The minimum absolute atomic E-state index is 0.252. The number of aromatic nitrogens is 1. The van der Waals surface area contributed by atoms with Crippen molar-refractivity contribution in [3.05, 3.63) is 75.8 Å². The molecular weight excluding hydrogens is 456 g/mol. The van der Waals surface area contributed by atoms with Crippen LogP contribution < -0.4 is 10.1 Å². The third-order valence-electron chi connectivity index (χ3n) is 5.13. The number of oxazole rings is 1. The van der Waals surface area contributed by atoms with Crippen molar-refractivity contribution in [2.45, 2.75) is 26.7 Å². The van der Waals surface area contributed by atoms with Crippen molar-refractivity contribution < 1.29 is 13.9 Å². The highest BCUT2D eigenvalue weighted by Crippen LogP contribution is 2.30. The molecule has 0 unspecified atom stereocenters. The number of rotatable bonds is 5. The van der Waals surface area contributed by atoms with Gasteiger partial charge in [0.2, 0.25) is 5.89 Å². The molecule has 0 atom stereocenters. The molecule has 0 fully saturated rings. The fourth-order valence-electron chi connectivity index (χ4n) is 3.52. The van der Waals surface area contributed by atoms with Crippen LogP contribution in [0.2, 0.25) is 0 Å². The molecule has 0 radical (unpaired) electrons. The van der Waals surface area contributed by atoms with Crippen molar-refractivity contribution in [1.29, 1.82) is 0 Å². The zero-order valence-electron chi connectivity index (χ0n) is 17.8. The summed E-state index contributed by atoms with van der Waals surface area (Å²) in [4.78, 5) is 17.6. The second-order valence-corrected chi connectivity index (χ2v) is 8.65. The third kappa shape index (κ3) is 4.35. The Kier molecular flexibility index (Phi) is 5.83. The molecule has 1 aromatic heterocycles. The molecule has 0 aliphatic carbocycles. The number of ether oxygens (including phenoxy) is 1. The van der Waals surface area contributed by atoms with Gasteiger partial charge in [0.25, 0.3) is 5.91 Å². The van der Waals surface area contributed by atoms with Gasteiger partial charge in [0.15, 0.2) is 5.58 Å². The number of halogens is 1. The topological polar surface area (TPSA) is 64.4 Å². The lowest BCUT2D eigenvalue weighted by molar-refractivity contribution is 0.102. The van der Waals surface area contributed by atoms with Crippen LogP contribution >= 0.6 is 15.9 Å². The van der Waals surface area contributed by atoms with Gasteiger partial charge in [-0.15, -0.1) is 0 Å². The maximum atomic E-state index is 12.9. The smallest absolute Gasteiger partial charge is 0.259 e. The minimum atomic E-state index is -0.252. The Bertz CT molecular complexity index is 1280. The van der Waals surface area contributed by atoms with Gasteiger partial charge in [-0.1, -0.05) is 41.9 Å². The molecule has 158 valence electrons. The summed E-state index contributed by atoms with van der Waals surface area (Å²) in [6.45, 7) is 6.20. The average Bonchev–Trinajstić information content (AvgIpc) is 3.17. The van der Waals surface area contributed by atoms with Crippen molar-refractivity contribution in [1.82, 2.24) is 4.98 Å². The Labute approximate surface area is 189 Å². The molecule has 0 saturated carbocycles. The van der Waals surface area contributed by atoms with E-state index >= 15 is 0 Å². The summed E-state index contributed by atoms with van der Waals surface area (Å²) in [5, 5.41) is 2.95. The Morgan fingerprint density at radius 3 is 2.68 bits per heavy atom. The highest BCUT2D eigenvalue weighted by Gasteiger charge is 2.17. The molecule has 5 nitrogen and oxygen atoms in total. The van der Waals surface area contributed by atoms with Crippen LogP contribution in [-0.2, 0) is 0 Å². The van der Waals surface area contributed by atoms with E-state index in [1.807, 2.05) is 43.3 Å². The lowest BCUT2D eigenvalue weighted by Crippen LogP contribution is -2.14. The number of fused-ring (bicyclic) bond motifs is 1. The molecule has 0 aliphatic rings. The number of nitrogens with zero attached hydrogens (tertiary/aromatic N) is 1. The van der Waals surface area contributed by atoms with Crippen molar-refractivity contribution >= 4 is 38.6 Å². The van der Waals surface area contributed by atoms with E-state index in [9.17, 15) is 4.79 Å². The number of nitrogens with one attached hydrogen (secondary N) is 1. The average molecular weight is 479 g/mol. The van der Waals surface area contributed by atoms with Crippen LogP contribution in [0.1, 0.15) is 41.3 Å². The number of anilines is 1. The molecule has 0 aliphatic heterocycles. The van der Waals surface area contributed by atoms with Crippen LogP contribution in [0.3, 0.4) is 0 Å². The van der Waals surface area contributed by atoms with Crippen LogP contribution in [0.15, 0.2) is 63.5 Å². The van der Waals surface area contributed by atoms with Crippen LogP contribution in [0, 0.1) is 6.92 Å². The van der Waals surface area contributed by atoms with Gasteiger partial charge in [0, 0.05) is 15.7 Å². The van der Waals surface area contributed by atoms with Crippen LogP contribution in [0.4, 0.5) is 5.69 Å².